The number of rotatable bonds is 8. The highest BCUT2D eigenvalue weighted by Gasteiger charge is 2.16. The van der Waals surface area contributed by atoms with E-state index in [9.17, 15) is 9.59 Å². The summed E-state index contributed by atoms with van der Waals surface area (Å²) in [6, 6.07) is 22.1. The molecule has 7 heteroatoms. The Kier molecular flexibility index (Phi) is 6.92. The first-order chi connectivity index (χ1) is 16.4. The van der Waals surface area contributed by atoms with Crippen LogP contribution in [0.25, 0.3) is 10.9 Å². The SMILES string of the molecule is Cc1ccc(OCC(=O)Nn2c(COc3ccccc3)nc3ccccc3c2=O)c(C(C)C)c1. The Bertz CT molecular complexity index is 1360. The van der Waals surface area contributed by atoms with Gasteiger partial charge >= 0.3 is 0 Å². The lowest BCUT2D eigenvalue weighted by atomic mass is 10.00. The molecule has 0 saturated carbocycles. The van der Waals surface area contributed by atoms with Crippen LogP contribution < -0.4 is 20.5 Å². The van der Waals surface area contributed by atoms with E-state index in [4.69, 9.17) is 9.47 Å². The lowest BCUT2D eigenvalue weighted by Gasteiger charge is -2.17. The molecular formula is C27H27N3O4. The maximum absolute atomic E-state index is 13.2. The summed E-state index contributed by atoms with van der Waals surface area (Å²) >= 11 is 0. The van der Waals surface area contributed by atoms with Crippen LogP contribution in [-0.2, 0) is 11.4 Å². The van der Waals surface area contributed by atoms with Crippen molar-refractivity contribution in [1.29, 1.82) is 0 Å². The molecule has 0 saturated heterocycles. The van der Waals surface area contributed by atoms with Gasteiger partial charge in [-0.1, -0.05) is 61.9 Å². The maximum Gasteiger partial charge on any atom is 0.280 e. The van der Waals surface area contributed by atoms with Crippen molar-refractivity contribution in [3.63, 3.8) is 0 Å². The van der Waals surface area contributed by atoms with Crippen LogP contribution in [0.5, 0.6) is 11.5 Å². The van der Waals surface area contributed by atoms with Gasteiger partial charge in [0.05, 0.1) is 10.9 Å². The van der Waals surface area contributed by atoms with Gasteiger partial charge in [0.25, 0.3) is 11.5 Å². The molecule has 174 valence electrons. The molecule has 4 rings (SSSR count). The Morgan fingerprint density at radius 3 is 2.50 bits per heavy atom. The van der Waals surface area contributed by atoms with E-state index in [1.165, 1.54) is 0 Å². The van der Waals surface area contributed by atoms with Crippen LogP contribution in [-0.4, -0.2) is 22.2 Å². The lowest BCUT2D eigenvalue weighted by molar-refractivity contribution is -0.119. The van der Waals surface area contributed by atoms with Gasteiger partial charge in [-0.25, -0.2) is 4.98 Å². The zero-order valence-corrected chi connectivity index (χ0v) is 19.4. The second-order valence-electron chi connectivity index (χ2n) is 8.31. The number of amides is 1. The molecule has 1 aromatic heterocycles. The average molecular weight is 458 g/mol. The highest BCUT2D eigenvalue weighted by Crippen LogP contribution is 2.27. The monoisotopic (exact) mass is 457 g/mol. The standard InChI is InChI=1S/C27H27N3O4/c1-18(2)22-15-19(3)13-14-24(22)34-17-26(31)29-30-25(16-33-20-9-5-4-6-10-20)28-23-12-8-7-11-21(23)27(30)32/h4-15,18H,16-17H2,1-3H3,(H,29,31). The number of benzene rings is 3. The number of hydrogen-bond donors (Lipinski definition) is 1. The van der Waals surface area contributed by atoms with Gasteiger partial charge in [-0.15, -0.1) is 0 Å². The van der Waals surface area contributed by atoms with Crippen LogP contribution in [0.2, 0.25) is 0 Å². The van der Waals surface area contributed by atoms with Gasteiger partial charge in [0.15, 0.2) is 12.4 Å². The van der Waals surface area contributed by atoms with Gasteiger partial charge in [-0.3, -0.25) is 15.0 Å². The molecule has 0 aliphatic carbocycles. The highest BCUT2D eigenvalue weighted by molar-refractivity contribution is 5.86. The molecule has 7 nitrogen and oxygen atoms in total. The zero-order chi connectivity index (χ0) is 24.1. The van der Waals surface area contributed by atoms with Gasteiger partial charge in [0.1, 0.15) is 18.1 Å². The first-order valence-electron chi connectivity index (χ1n) is 11.1. The van der Waals surface area contributed by atoms with Gasteiger partial charge in [-0.2, -0.15) is 4.68 Å². The van der Waals surface area contributed by atoms with E-state index in [2.05, 4.69) is 30.3 Å². The predicted octanol–water partition coefficient (Wildman–Crippen LogP) is 4.56. The van der Waals surface area contributed by atoms with Crippen LogP contribution in [0, 0.1) is 6.92 Å². The van der Waals surface area contributed by atoms with Crippen molar-refractivity contribution in [3.05, 3.63) is 100 Å². The Morgan fingerprint density at radius 1 is 1.00 bits per heavy atom. The lowest BCUT2D eigenvalue weighted by Crippen LogP contribution is -2.38. The van der Waals surface area contributed by atoms with Crippen LogP contribution in [0.1, 0.15) is 36.7 Å². The number of ether oxygens (including phenoxy) is 2. The normalized spacial score (nSPS) is 10.9. The summed E-state index contributed by atoms with van der Waals surface area (Å²) in [6.07, 6.45) is 0. The molecule has 1 heterocycles. The molecule has 0 bridgehead atoms. The third-order valence-corrected chi connectivity index (χ3v) is 5.34. The maximum atomic E-state index is 13.2. The Labute approximate surface area is 198 Å². The molecule has 0 radical (unpaired) electrons. The van der Waals surface area contributed by atoms with Crippen molar-refractivity contribution < 1.29 is 14.3 Å². The largest absolute Gasteiger partial charge is 0.486 e. The molecule has 0 unspecified atom stereocenters. The third kappa shape index (κ3) is 5.26. The number of fused-ring (bicyclic) bond motifs is 1. The van der Waals surface area contributed by atoms with Crippen LogP contribution in [0.3, 0.4) is 0 Å². The first-order valence-corrected chi connectivity index (χ1v) is 11.1. The Hall–Kier alpha value is -4.13. The number of nitrogens with one attached hydrogen (secondary N) is 1. The van der Waals surface area contributed by atoms with Crippen molar-refractivity contribution in [2.24, 2.45) is 0 Å². The number of nitrogens with zero attached hydrogens (tertiary/aromatic N) is 2. The van der Waals surface area contributed by atoms with Crippen molar-refractivity contribution in [1.82, 2.24) is 9.66 Å². The number of aryl methyl sites for hydroxylation is 1. The molecule has 34 heavy (non-hydrogen) atoms. The topological polar surface area (TPSA) is 82.4 Å². The summed E-state index contributed by atoms with van der Waals surface area (Å²) in [4.78, 5) is 30.5. The Morgan fingerprint density at radius 2 is 1.74 bits per heavy atom. The van der Waals surface area contributed by atoms with Crippen molar-refractivity contribution >= 4 is 16.8 Å². The fourth-order valence-electron chi connectivity index (χ4n) is 3.61. The van der Waals surface area contributed by atoms with Crippen LogP contribution in [0.15, 0.2) is 77.6 Å². The van der Waals surface area contributed by atoms with Gasteiger partial charge < -0.3 is 9.47 Å². The predicted molar refractivity (Wildman–Crippen MR) is 132 cm³/mol. The van der Waals surface area contributed by atoms with Crippen LogP contribution >= 0.6 is 0 Å². The summed E-state index contributed by atoms with van der Waals surface area (Å²) in [5.41, 5.74) is 4.92. The fourth-order valence-corrected chi connectivity index (χ4v) is 3.61. The number of carbonyl (C=O) groups excluding carboxylic acids is 1. The number of hydrogen-bond acceptors (Lipinski definition) is 5. The molecule has 3 aromatic carbocycles. The van der Waals surface area contributed by atoms with E-state index in [1.807, 2.05) is 49.4 Å². The first kappa shape index (κ1) is 23.0. The van der Waals surface area contributed by atoms with Gasteiger partial charge in [0.2, 0.25) is 0 Å². The molecule has 0 spiro atoms. The Balaban J connectivity index is 1.57. The number of aromatic nitrogens is 2. The highest BCUT2D eigenvalue weighted by atomic mass is 16.5. The molecule has 0 fully saturated rings. The smallest absolute Gasteiger partial charge is 0.280 e. The minimum Gasteiger partial charge on any atom is -0.486 e. The van der Waals surface area contributed by atoms with E-state index in [1.54, 1.807) is 24.3 Å². The molecule has 0 aliphatic rings. The van der Waals surface area contributed by atoms with E-state index in [0.717, 1.165) is 15.8 Å². The summed E-state index contributed by atoms with van der Waals surface area (Å²) in [6.45, 7) is 5.91. The number of carbonyl (C=O) groups is 1. The third-order valence-electron chi connectivity index (χ3n) is 5.34. The van der Waals surface area contributed by atoms with E-state index >= 15 is 0 Å². The minimum absolute atomic E-state index is 0.000679. The van der Waals surface area contributed by atoms with E-state index in [0.29, 0.717) is 22.4 Å². The fraction of sp³-hybridized carbons (Fsp3) is 0.222. The van der Waals surface area contributed by atoms with Crippen LogP contribution in [0.4, 0.5) is 0 Å². The molecule has 1 amide bonds. The van der Waals surface area contributed by atoms with Crippen molar-refractivity contribution in [3.8, 4) is 11.5 Å². The summed E-state index contributed by atoms with van der Waals surface area (Å²) in [7, 11) is 0. The molecule has 0 aliphatic heterocycles. The summed E-state index contributed by atoms with van der Waals surface area (Å²) in [5, 5.41) is 0.396. The molecular weight excluding hydrogens is 430 g/mol. The second kappa shape index (κ2) is 10.2. The second-order valence-corrected chi connectivity index (χ2v) is 8.31. The van der Waals surface area contributed by atoms with E-state index in [-0.39, 0.29) is 30.5 Å². The molecule has 0 atom stereocenters. The molecule has 4 aromatic rings. The summed E-state index contributed by atoms with van der Waals surface area (Å²) in [5.74, 6) is 1.32. The molecule has 1 N–H and O–H groups in total. The quantitative estimate of drug-likeness (QED) is 0.420. The van der Waals surface area contributed by atoms with E-state index < -0.39 is 5.91 Å². The average Bonchev–Trinajstić information content (AvgIpc) is 2.84. The van der Waals surface area contributed by atoms with Crippen molar-refractivity contribution in [2.75, 3.05) is 12.0 Å². The number of para-hydroxylation sites is 2. The van der Waals surface area contributed by atoms with Crippen molar-refractivity contribution in [2.45, 2.75) is 33.3 Å². The van der Waals surface area contributed by atoms with Gasteiger partial charge in [-0.05, 0) is 48.7 Å². The van der Waals surface area contributed by atoms with Gasteiger partial charge in [0, 0.05) is 0 Å². The zero-order valence-electron chi connectivity index (χ0n) is 19.4. The minimum atomic E-state index is -0.476. The summed E-state index contributed by atoms with van der Waals surface area (Å²) < 4.78 is 12.7.